The smallest absolute Gasteiger partial charge is 0.248 e. The van der Waals surface area contributed by atoms with Crippen molar-refractivity contribution in [2.45, 2.75) is 32.7 Å². The van der Waals surface area contributed by atoms with Crippen LogP contribution in [0.15, 0.2) is 60.7 Å². The Morgan fingerprint density at radius 2 is 1.58 bits per heavy atom. The molecule has 5 heteroatoms. The molecule has 33 heavy (non-hydrogen) atoms. The van der Waals surface area contributed by atoms with Crippen LogP contribution in [0.1, 0.15) is 23.1 Å². The molecule has 0 spiro atoms. The molecule has 0 radical (unpaired) electrons. The summed E-state index contributed by atoms with van der Waals surface area (Å²) in [4.78, 5) is 42.4. The zero-order valence-corrected chi connectivity index (χ0v) is 18.9. The Balaban J connectivity index is 1.34. The Labute approximate surface area is 193 Å². The number of likely N-dealkylation sites (tertiary alicyclic amines) is 1. The maximum Gasteiger partial charge on any atom is 0.248 e. The number of imide groups is 1. The third-order valence-electron chi connectivity index (χ3n) is 8.45. The second kappa shape index (κ2) is 7.41. The number of benzene rings is 2. The first-order valence-electron chi connectivity index (χ1n) is 11.9. The van der Waals surface area contributed by atoms with Crippen LogP contribution >= 0.6 is 0 Å². The fourth-order valence-electron chi connectivity index (χ4n) is 6.53. The van der Waals surface area contributed by atoms with Gasteiger partial charge in [-0.2, -0.15) is 0 Å². The number of carbonyl (C=O) groups is 3. The zero-order chi connectivity index (χ0) is 22.9. The summed E-state index contributed by atoms with van der Waals surface area (Å²) in [6.45, 7) is 3.96. The summed E-state index contributed by atoms with van der Waals surface area (Å²) in [5.74, 6) is 0.128. The van der Waals surface area contributed by atoms with Crippen LogP contribution in [0, 0.1) is 49.4 Å². The lowest BCUT2D eigenvalue weighted by Crippen LogP contribution is -2.49. The second-order valence-electron chi connectivity index (χ2n) is 10.1. The minimum atomic E-state index is -0.867. The second-order valence-corrected chi connectivity index (χ2v) is 10.1. The van der Waals surface area contributed by atoms with Crippen molar-refractivity contribution < 1.29 is 14.4 Å². The number of hydrogen-bond donors (Lipinski definition) is 1. The van der Waals surface area contributed by atoms with Crippen molar-refractivity contribution in [3.05, 3.63) is 77.4 Å². The predicted octanol–water partition coefficient (Wildman–Crippen LogP) is 3.91. The monoisotopic (exact) mass is 440 g/mol. The standard InChI is InChI=1S/C28H28N2O3/c1-15-7-6-10-22(16(15)2)29-26(31)23(13-17-8-4-3-5-9-17)30-27(32)24-18-11-12-19(21-14-20(18)21)25(24)28(30)33/h3-12,18-21,23-25H,13-14H2,1-2H3,(H,29,31)/t18-,19-,20-,21-,23+,24+,25+/m1/s1. The Kier molecular flexibility index (Phi) is 4.58. The largest absolute Gasteiger partial charge is 0.324 e. The summed E-state index contributed by atoms with van der Waals surface area (Å²) >= 11 is 0. The van der Waals surface area contributed by atoms with Crippen LogP contribution in [0.5, 0.6) is 0 Å². The third kappa shape index (κ3) is 3.09. The number of aryl methyl sites for hydroxylation is 1. The summed E-state index contributed by atoms with van der Waals surface area (Å²) < 4.78 is 0. The van der Waals surface area contributed by atoms with Crippen molar-refractivity contribution in [1.82, 2.24) is 4.90 Å². The van der Waals surface area contributed by atoms with Crippen LogP contribution < -0.4 is 5.32 Å². The van der Waals surface area contributed by atoms with Gasteiger partial charge < -0.3 is 5.32 Å². The lowest BCUT2D eigenvalue weighted by Gasteiger charge is -2.37. The van der Waals surface area contributed by atoms with Gasteiger partial charge in [-0.05, 0) is 66.7 Å². The molecule has 7 atom stereocenters. The van der Waals surface area contributed by atoms with Crippen LogP contribution in [-0.4, -0.2) is 28.7 Å². The number of amides is 3. The van der Waals surface area contributed by atoms with E-state index in [9.17, 15) is 14.4 Å². The summed E-state index contributed by atoms with van der Waals surface area (Å²) in [5, 5.41) is 3.03. The summed E-state index contributed by atoms with van der Waals surface area (Å²) in [5.41, 5.74) is 3.71. The topological polar surface area (TPSA) is 66.5 Å². The van der Waals surface area contributed by atoms with Gasteiger partial charge in [0, 0.05) is 12.1 Å². The number of hydrogen-bond acceptors (Lipinski definition) is 3. The van der Waals surface area contributed by atoms with E-state index in [-0.39, 0.29) is 41.4 Å². The maximum absolute atomic E-state index is 13.7. The minimum absolute atomic E-state index is 0.144. The summed E-state index contributed by atoms with van der Waals surface area (Å²) in [6.07, 6.45) is 5.76. The molecule has 2 bridgehead atoms. The molecule has 1 aliphatic heterocycles. The zero-order valence-electron chi connectivity index (χ0n) is 18.9. The van der Waals surface area contributed by atoms with E-state index in [0.717, 1.165) is 28.8 Å². The molecule has 1 heterocycles. The number of allylic oxidation sites excluding steroid dienone is 2. The number of rotatable bonds is 5. The molecule has 3 amide bonds. The molecular formula is C28H28N2O3. The average molecular weight is 441 g/mol. The third-order valence-corrected chi connectivity index (χ3v) is 8.45. The van der Waals surface area contributed by atoms with Gasteiger partial charge in [-0.25, -0.2) is 0 Å². The van der Waals surface area contributed by atoms with Crippen LogP contribution in [0.2, 0.25) is 0 Å². The maximum atomic E-state index is 13.7. The van der Waals surface area contributed by atoms with E-state index in [1.165, 1.54) is 4.90 Å². The Morgan fingerprint density at radius 1 is 0.939 bits per heavy atom. The Morgan fingerprint density at radius 3 is 2.21 bits per heavy atom. The molecule has 168 valence electrons. The quantitative estimate of drug-likeness (QED) is 0.566. The van der Waals surface area contributed by atoms with Gasteiger partial charge in [-0.1, -0.05) is 54.6 Å². The fourth-order valence-corrected chi connectivity index (χ4v) is 6.53. The molecule has 1 N–H and O–H groups in total. The van der Waals surface area contributed by atoms with Gasteiger partial charge in [-0.3, -0.25) is 19.3 Å². The molecule has 0 unspecified atom stereocenters. The molecule has 0 aromatic heterocycles. The van der Waals surface area contributed by atoms with E-state index < -0.39 is 6.04 Å². The van der Waals surface area contributed by atoms with E-state index in [1.807, 2.05) is 62.4 Å². The molecule has 5 aliphatic rings. The summed E-state index contributed by atoms with van der Waals surface area (Å²) in [6, 6.07) is 14.5. The molecule has 2 aromatic carbocycles. The van der Waals surface area contributed by atoms with Gasteiger partial charge in [-0.15, -0.1) is 0 Å². The highest BCUT2D eigenvalue weighted by atomic mass is 16.2. The first-order valence-corrected chi connectivity index (χ1v) is 11.9. The van der Waals surface area contributed by atoms with Gasteiger partial charge in [0.2, 0.25) is 17.7 Å². The molecule has 2 aromatic rings. The minimum Gasteiger partial charge on any atom is -0.324 e. The van der Waals surface area contributed by atoms with E-state index in [0.29, 0.717) is 18.3 Å². The average Bonchev–Trinajstić information content (AvgIpc) is 3.60. The van der Waals surface area contributed by atoms with Crippen LogP contribution in [0.4, 0.5) is 5.69 Å². The lowest BCUT2D eigenvalue weighted by molar-refractivity contribution is -0.146. The molecule has 5 nitrogen and oxygen atoms in total. The molecule has 4 aliphatic carbocycles. The van der Waals surface area contributed by atoms with E-state index >= 15 is 0 Å². The highest BCUT2D eigenvalue weighted by Gasteiger charge is 2.67. The predicted molar refractivity (Wildman–Crippen MR) is 125 cm³/mol. The number of nitrogens with zero attached hydrogens (tertiary/aromatic N) is 1. The van der Waals surface area contributed by atoms with Gasteiger partial charge in [0.15, 0.2) is 0 Å². The molecule has 1 saturated heterocycles. The normalized spacial score (nSPS) is 31.9. The van der Waals surface area contributed by atoms with Crippen molar-refractivity contribution in [2.24, 2.45) is 35.5 Å². The van der Waals surface area contributed by atoms with Crippen molar-refractivity contribution in [2.75, 3.05) is 5.32 Å². The molecule has 2 saturated carbocycles. The highest BCUT2D eigenvalue weighted by molar-refractivity contribution is 6.11. The van der Waals surface area contributed by atoms with E-state index in [1.54, 1.807) is 0 Å². The summed E-state index contributed by atoms with van der Waals surface area (Å²) in [7, 11) is 0. The Hall–Kier alpha value is -3.21. The van der Waals surface area contributed by atoms with Crippen LogP contribution in [-0.2, 0) is 20.8 Å². The van der Waals surface area contributed by atoms with Crippen molar-refractivity contribution >= 4 is 23.4 Å². The highest BCUT2D eigenvalue weighted by Crippen LogP contribution is 2.65. The number of nitrogens with one attached hydrogen (secondary N) is 1. The molecular weight excluding hydrogens is 412 g/mol. The van der Waals surface area contributed by atoms with Gasteiger partial charge >= 0.3 is 0 Å². The van der Waals surface area contributed by atoms with Gasteiger partial charge in [0.1, 0.15) is 6.04 Å². The van der Waals surface area contributed by atoms with Crippen LogP contribution in [0.3, 0.4) is 0 Å². The lowest BCUT2D eigenvalue weighted by atomic mass is 9.63. The molecule has 7 rings (SSSR count). The first kappa shape index (κ1) is 20.4. The molecule has 3 fully saturated rings. The van der Waals surface area contributed by atoms with Crippen molar-refractivity contribution in [3.8, 4) is 0 Å². The number of anilines is 1. The number of carbonyl (C=O) groups excluding carboxylic acids is 3. The SMILES string of the molecule is Cc1cccc(NC(=O)[C@H](Cc2ccccc2)N2C(=O)[C@H]3[C@@H]4C=C[C@H]([C@H]5C[C@H]45)[C@@H]3C2=O)c1C. The van der Waals surface area contributed by atoms with Gasteiger partial charge in [0.25, 0.3) is 0 Å². The van der Waals surface area contributed by atoms with Crippen molar-refractivity contribution in [3.63, 3.8) is 0 Å². The van der Waals surface area contributed by atoms with Crippen LogP contribution in [0.25, 0.3) is 0 Å². The van der Waals surface area contributed by atoms with Crippen molar-refractivity contribution in [1.29, 1.82) is 0 Å². The van der Waals surface area contributed by atoms with E-state index in [2.05, 4.69) is 17.5 Å². The first-order chi connectivity index (χ1) is 16.0. The fraction of sp³-hybridized carbons (Fsp3) is 0.393. The Bertz CT molecular complexity index is 1150. The van der Waals surface area contributed by atoms with Gasteiger partial charge in [0.05, 0.1) is 11.8 Å². The van der Waals surface area contributed by atoms with E-state index in [4.69, 9.17) is 0 Å².